The van der Waals surface area contributed by atoms with Gasteiger partial charge in [0.2, 0.25) is 0 Å². The third kappa shape index (κ3) is 1.31. The van der Waals surface area contributed by atoms with E-state index in [4.69, 9.17) is 4.74 Å². The molecule has 1 aromatic rings. The third-order valence-corrected chi connectivity index (χ3v) is 3.64. The molecule has 1 atom stereocenters. The molecule has 0 amide bonds. The Bertz CT molecular complexity index is 385. The van der Waals surface area contributed by atoms with E-state index in [1.54, 1.807) is 18.9 Å². The lowest BCUT2D eigenvalue weighted by molar-refractivity contribution is 0.0301. The van der Waals surface area contributed by atoms with Crippen LogP contribution >= 0.6 is 11.8 Å². The molecule has 0 saturated carbocycles. The minimum absolute atomic E-state index is 0.720. The summed E-state index contributed by atoms with van der Waals surface area (Å²) in [5.41, 5.74) is 0.295. The molecule has 2 rings (SSSR count). The summed E-state index contributed by atoms with van der Waals surface area (Å²) in [6.07, 6.45) is 0.766. The van der Waals surface area contributed by atoms with Gasteiger partial charge in [0, 0.05) is 29.7 Å². The fourth-order valence-electron chi connectivity index (χ4n) is 1.74. The van der Waals surface area contributed by atoms with Crippen LogP contribution in [-0.2, 0) is 10.3 Å². The molecule has 0 bridgehead atoms. The number of hydrogen-bond donors (Lipinski definition) is 0. The van der Waals surface area contributed by atoms with Gasteiger partial charge in [-0.3, -0.25) is 0 Å². The molecule has 0 aliphatic carbocycles. The molecule has 0 fully saturated rings. The monoisotopic (exact) mass is 205 g/mol. The van der Waals surface area contributed by atoms with E-state index < -0.39 is 5.60 Å². The van der Waals surface area contributed by atoms with Crippen molar-refractivity contribution in [2.24, 2.45) is 0 Å². The first kappa shape index (κ1) is 9.57. The van der Waals surface area contributed by atoms with Gasteiger partial charge in [0.15, 0.2) is 5.60 Å². The summed E-state index contributed by atoms with van der Waals surface area (Å²) in [6, 6.07) is 10.3. The lowest BCUT2D eigenvalue weighted by Crippen LogP contribution is -2.30. The molecular formula is C11H11NOS. The molecule has 14 heavy (non-hydrogen) atoms. The first-order valence-corrected chi connectivity index (χ1v) is 5.50. The molecule has 0 N–H and O–H groups in total. The Morgan fingerprint density at radius 2 is 2.29 bits per heavy atom. The van der Waals surface area contributed by atoms with E-state index in [9.17, 15) is 5.26 Å². The van der Waals surface area contributed by atoms with Crippen LogP contribution in [0.4, 0.5) is 0 Å². The third-order valence-electron chi connectivity index (χ3n) is 2.56. The van der Waals surface area contributed by atoms with Gasteiger partial charge in [-0.05, 0) is 6.07 Å². The molecular weight excluding hydrogens is 194 g/mol. The van der Waals surface area contributed by atoms with Gasteiger partial charge in [-0.15, -0.1) is 11.8 Å². The SMILES string of the molecule is COC1(C#N)CCSc2ccccc21. The number of nitrogens with zero attached hydrogens (tertiary/aromatic N) is 1. The molecule has 1 aromatic carbocycles. The highest BCUT2D eigenvalue weighted by Gasteiger charge is 2.36. The van der Waals surface area contributed by atoms with Crippen molar-refractivity contribution >= 4 is 11.8 Å². The van der Waals surface area contributed by atoms with Crippen molar-refractivity contribution in [1.82, 2.24) is 0 Å². The fraction of sp³-hybridized carbons (Fsp3) is 0.364. The highest BCUT2D eigenvalue weighted by molar-refractivity contribution is 7.99. The van der Waals surface area contributed by atoms with Gasteiger partial charge < -0.3 is 4.74 Å². The molecule has 1 aliphatic rings. The minimum Gasteiger partial charge on any atom is -0.359 e. The first-order chi connectivity index (χ1) is 6.82. The minimum atomic E-state index is -0.720. The quantitative estimate of drug-likeness (QED) is 0.706. The Morgan fingerprint density at radius 1 is 1.50 bits per heavy atom. The van der Waals surface area contributed by atoms with Gasteiger partial charge >= 0.3 is 0 Å². The van der Waals surface area contributed by atoms with E-state index in [-0.39, 0.29) is 0 Å². The van der Waals surface area contributed by atoms with E-state index in [0.717, 1.165) is 17.7 Å². The van der Waals surface area contributed by atoms with E-state index in [0.29, 0.717) is 0 Å². The molecule has 72 valence electrons. The lowest BCUT2D eigenvalue weighted by Gasteiger charge is -2.31. The molecule has 0 radical (unpaired) electrons. The molecule has 3 heteroatoms. The van der Waals surface area contributed by atoms with Crippen LogP contribution < -0.4 is 0 Å². The lowest BCUT2D eigenvalue weighted by atomic mass is 9.92. The van der Waals surface area contributed by atoms with Crippen molar-refractivity contribution in [3.63, 3.8) is 0 Å². The first-order valence-electron chi connectivity index (χ1n) is 4.51. The van der Waals surface area contributed by atoms with Crippen LogP contribution in [0.25, 0.3) is 0 Å². The maximum Gasteiger partial charge on any atom is 0.181 e. The van der Waals surface area contributed by atoms with Crippen molar-refractivity contribution in [2.75, 3.05) is 12.9 Å². The predicted octanol–water partition coefficient (Wildman–Crippen LogP) is 2.55. The van der Waals surface area contributed by atoms with Gasteiger partial charge in [0.05, 0.1) is 0 Å². The number of ether oxygens (including phenoxy) is 1. The number of nitriles is 1. The summed E-state index contributed by atoms with van der Waals surface area (Å²) in [6.45, 7) is 0. The summed E-state index contributed by atoms with van der Waals surface area (Å²) < 4.78 is 5.38. The number of rotatable bonds is 1. The highest BCUT2D eigenvalue weighted by atomic mass is 32.2. The topological polar surface area (TPSA) is 33.0 Å². The average molecular weight is 205 g/mol. The van der Waals surface area contributed by atoms with Gasteiger partial charge in [-0.25, -0.2) is 0 Å². The van der Waals surface area contributed by atoms with Crippen molar-refractivity contribution < 1.29 is 4.74 Å². The summed E-state index contributed by atoms with van der Waals surface area (Å²) in [7, 11) is 1.61. The van der Waals surface area contributed by atoms with Crippen LogP contribution in [0.1, 0.15) is 12.0 Å². The molecule has 1 unspecified atom stereocenters. The molecule has 1 aliphatic heterocycles. The number of methoxy groups -OCH3 is 1. The number of fused-ring (bicyclic) bond motifs is 1. The Morgan fingerprint density at radius 3 is 3.00 bits per heavy atom. The van der Waals surface area contributed by atoms with E-state index in [1.807, 2.05) is 24.3 Å². The van der Waals surface area contributed by atoms with E-state index in [1.165, 1.54) is 4.90 Å². The second kappa shape index (κ2) is 3.64. The summed E-state index contributed by atoms with van der Waals surface area (Å²) >= 11 is 1.79. The Labute approximate surface area is 87.9 Å². The van der Waals surface area contributed by atoms with Crippen LogP contribution in [0.2, 0.25) is 0 Å². The molecule has 2 nitrogen and oxygen atoms in total. The largest absolute Gasteiger partial charge is 0.359 e. The second-order valence-electron chi connectivity index (χ2n) is 3.24. The zero-order valence-electron chi connectivity index (χ0n) is 7.99. The number of benzene rings is 1. The van der Waals surface area contributed by atoms with Crippen LogP contribution in [0.3, 0.4) is 0 Å². The Balaban J connectivity index is 2.55. The van der Waals surface area contributed by atoms with Gasteiger partial charge in [-0.2, -0.15) is 5.26 Å². The van der Waals surface area contributed by atoms with Crippen LogP contribution in [0.5, 0.6) is 0 Å². The smallest absolute Gasteiger partial charge is 0.181 e. The maximum atomic E-state index is 9.20. The van der Waals surface area contributed by atoms with Crippen molar-refractivity contribution in [3.05, 3.63) is 29.8 Å². The second-order valence-corrected chi connectivity index (χ2v) is 4.37. The number of thioether (sulfide) groups is 1. The van der Waals surface area contributed by atoms with Gasteiger partial charge in [-0.1, -0.05) is 18.2 Å². The Kier molecular flexibility index (Phi) is 2.49. The van der Waals surface area contributed by atoms with Crippen LogP contribution in [0.15, 0.2) is 29.2 Å². The van der Waals surface area contributed by atoms with Crippen molar-refractivity contribution in [3.8, 4) is 6.07 Å². The highest BCUT2D eigenvalue weighted by Crippen LogP contribution is 2.41. The van der Waals surface area contributed by atoms with Gasteiger partial charge in [0.25, 0.3) is 0 Å². The van der Waals surface area contributed by atoms with Crippen LogP contribution in [0, 0.1) is 11.3 Å². The van der Waals surface area contributed by atoms with Crippen LogP contribution in [-0.4, -0.2) is 12.9 Å². The van der Waals surface area contributed by atoms with E-state index >= 15 is 0 Å². The average Bonchev–Trinajstić information content (AvgIpc) is 2.28. The predicted molar refractivity (Wildman–Crippen MR) is 56.1 cm³/mol. The summed E-state index contributed by atoms with van der Waals surface area (Å²) in [4.78, 5) is 1.17. The molecule has 0 saturated heterocycles. The Hall–Kier alpha value is -0.980. The molecule has 1 heterocycles. The van der Waals surface area contributed by atoms with E-state index in [2.05, 4.69) is 6.07 Å². The normalized spacial score (nSPS) is 25.1. The fourth-order valence-corrected chi connectivity index (χ4v) is 2.91. The maximum absolute atomic E-state index is 9.20. The standard InChI is InChI=1S/C11H11NOS/c1-13-11(8-12)6-7-14-10-5-3-2-4-9(10)11/h2-5H,6-7H2,1H3. The molecule has 0 spiro atoms. The number of hydrogen-bond acceptors (Lipinski definition) is 3. The summed E-state index contributed by atoms with van der Waals surface area (Å²) in [5, 5.41) is 9.20. The van der Waals surface area contributed by atoms with Gasteiger partial charge in [0.1, 0.15) is 6.07 Å². The van der Waals surface area contributed by atoms with Crippen molar-refractivity contribution in [2.45, 2.75) is 16.9 Å². The zero-order valence-corrected chi connectivity index (χ0v) is 8.80. The zero-order chi connectivity index (χ0) is 10.0. The molecule has 0 aromatic heterocycles. The summed E-state index contributed by atoms with van der Waals surface area (Å²) in [5.74, 6) is 0.943. The van der Waals surface area contributed by atoms with Crippen molar-refractivity contribution in [1.29, 1.82) is 5.26 Å².